The summed E-state index contributed by atoms with van der Waals surface area (Å²) in [6.07, 6.45) is -5.35. The monoisotopic (exact) mass is 392 g/mol. The number of azo groups is 1. The summed E-state index contributed by atoms with van der Waals surface area (Å²) in [5.74, 6) is -1.12. The van der Waals surface area contributed by atoms with E-state index in [1.54, 1.807) is 6.07 Å². The lowest BCUT2D eigenvalue weighted by atomic mass is 10.00. The van der Waals surface area contributed by atoms with Crippen LogP contribution in [0.4, 0.5) is 18.9 Å². The number of carbonyl (C=O) groups is 1. The summed E-state index contributed by atoms with van der Waals surface area (Å²) in [5.41, 5.74) is -3.76. The number of esters is 1. The molecule has 0 aromatic heterocycles. The van der Waals surface area contributed by atoms with Crippen LogP contribution in [0.3, 0.4) is 0 Å². The number of hydrogen-bond donors (Lipinski definition) is 0. The molecule has 0 heterocycles. The average Bonchev–Trinajstić information content (AvgIpc) is 2.52. The number of carbonyl (C=O) groups excluding carboxylic acids is 1. The van der Waals surface area contributed by atoms with Crippen LogP contribution >= 0.6 is 23.2 Å². The molecule has 11 heteroatoms. The van der Waals surface area contributed by atoms with Gasteiger partial charge in [0, 0.05) is 0 Å². The van der Waals surface area contributed by atoms with Crippen molar-refractivity contribution in [3.63, 3.8) is 0 Å². The Morgan fingerprint density at radius 3 is 2.24 bits per heavy atom. The van der Waals surface area contributed by atoms with E-state index in [9.17, 15) is 23.2 Å². The van der Waals surface area contributed by atoms with Crippen LogP contribution in [0.5, 0.6) is 0 Å². The topological polar surface area (TPSA) is 98.6 Å². The highest BCUT2D eigenvalue weighted by Gasteiger charge is 2.41. The Bertz CT molecular complexity index is 761. The summed E-state index contributed by atoms with van der Waals surface area (Å²) < 4.78 is 42.7. The minimum atomic E-state index is -4.68. The van der Waals surface area contributed by atoms with E-state index in [1.807, 2.05) is 0 Å². The maximum atomic E-state index is 12.7. The van der Waals surface area contributed by atoms with Crippen molar-refractivity contribution in [1.82, 2.24) is 0 Å². The van der Waals surface area contributed by atoms with Gasteiger partial charge in [0.05, 0.1) is 34.7 Å². The average molecular weight is 393 g/mol. The molecule has 1 atom stereocenters. The third kappa shape index (κ3) is 4.81. The first-order valence-electron chi connectivity index (χ1n) is 6.56. The van der Waals surface area contributed by atoms with Gasteiger partial charge in [0.1, 0.15) is 11.8 Å². The summed E-state index contributed by atoms with van der Waals surface area (Å²) >= 11 is 11.5. The third-order valence-corrected chi connectivity index (χ3v) is 3.37. The van der Waals surface area contributed by atoms with Crippen molar-refractivity contribution >= 4 is 34.9 Å². The van der Waals surface area contributed by atoms with E-state index in [0.717, 1.165) is 0 Å². The predicted octanol–water partition coefficient (Wildman–Crippen LogP) is 4.84. The van der Waals surface area contributed by atoms with Crippen LogP contribution in [0, 0.1) is 22.7 Å². The number of alkyl halides is 3. The molecule has 0 N–H and O–H groups in total. The first-order valence-corrected chi connectivity index (χ1v) is 7.31. The van der Waals surface area contributed by atoms with Crippen LogP contribution in [-0.4, -0.2) is 18.1 Å². The number of rotatable bonds is 5. The normalized spacial score (nSPS) is 13.8. The smallest absolute Gasteiger partial charge is 0.416 e. The molecule has 0 aliphatic carbocycles. The molecule has 0 fully saturated rings. The second-order valence-electron chi connectivity index (χ2n) is 4.51. The largest absolute Gasteiger partial charge is 0.463 e. The molecule has 6 nitrogen and oxygen atoms in total. The van der Waals surface area contributed by atoms with Gasteiger partial charge in [-0.25, -0.2) is 4.79 Å². The van der Waals surface area contributed by atoms with Gasteiger partial charge in [-0.3, -0.25) is 0 Å². The Balaban J connectivity index is 3.37. The van der Waals surface area contributed by atoms with Crippen molar-refractivity contribution in [3.8, 4) is 12.1 Å². The molecule has 0 aliphatic heterocycles. The van der Waals surface area contributed by atoms with Gasteiger partial charge in [-0.1, -0.05) is 23.2 Å². The van der Waals surface area contributed by atoms with Crippen molar-refractivity contribution in [1.29, 1.82) is 10.5 Å². The first-order chi connectivity index (χ1) is 11.6. The molecule has 1 aromatic rings. The van der Waals surface area contributed by atoms with E-state index in [4.69, 9.17) is 28.5 Å². The zero-order valence-electron chi connectivity index (χ0n) is 12.6. The van der Waals surface area contributed by atoms with Crippen molar-refractivity contribution < 1.29 is 22.7 Å². The molecule has 1 unspecified atom stereocenters. The maximum absolute atomic E-state index is 12.7. The number of benzene rings is 1. The van der Waals surface area contributed by atoms with Crippen LogP contribution in [0.1, 0.15) is 18.9 Å². The van der Waals surface area contributed by atoms with Gasteiger partial charge in [-0.2, -0.15) is 33.9 Å². The Labute approximate surface area is 150 Å². The van der Waals surface area contributed by atoms with Crippen LogP contribution in [0.2, 0.25) is 10.0 Å². The summed E-state index contributed by atoms with van der Waals surface area (Å²) in [5, 5.41) is 24.0. The minimum Gasteiger partial charge on any atom is -0.463 e. The van der Waals surface area contributed by atoms with Crippen LogP contribution < -0.4 is 0 Å². The van der Waals surface area contributed by atoms with Crippen LogP contribution in [-0.2, 0) is 15.7 Å². The van der Waals surface area contributed by atoms with E-state index >= 15 is 0 Å². The van der Waals surface area contributed by atoms with E-state index in [-0.39, 0.29) is 12.3 Å². The molecular weight excluding hydrogens is 384 g/mol. The molecule has 1 aromatic carbocycles. The summed E-state index contributed by atoms with van der Waals surface area (Å²) in [6, 6.07) is 4.27. The molecular formula is C14H9Cl2F3N4O2. The standard InChI is InChI=1S/C14H9Cl2F3N4O2/c1-2-25-12(24)13(7-21,3-4-20)23-22-11-9(15)5-8(6-10(11)16)14(17,18)19/h5-6H,2-3H2,1H3/b23-22+. The maximum Gasteiger partial charge on any atom is 0.416 e. The quantitative estimate of drug-likeness (QED) is 0.528. The molecule has 0 radical (unpaired) electrons. The Kier molecular flexibility index (Phi) is 6.74. The van der Waals surface area contributed by atoms with Crippen LogP contribution in [0.25, 0.3) is 0 Å². The van der Waals surface area contributed by atoms with Crippen LogP contribution in [0.15, 0.2) is 22.4 Å². The lowest BCUT2D eigenvalue weighted by Crippen LogP contribution is -2.36. The van der Waals surface area contributed by atoms with Crippen molar-refractivity contribution in [2.45, 2.75) is 25.1 Å². The fourth-order valence-corrected chi connectivity index (χ4v) is 2.14. The third-order valence-electron chi connectivity index (χ3n) is 2.80. The van der Waals surface area contributed by atoms with Gasteiger partial charge in [-0.15, -0.1) is 0 Å². The van der Waals surface area contributed by atoms with E-state index in [1.165, 1.54) is 13.0 Å². The van der Waals surface area contributed by atoms with Crippen molar-refractivity contribution in [3.05, 3.63) is 27.7 Å². The van der Waals surface area contributed by atoms with Crippen molar-refractivity contribution in [2.75, 3.05) is 6.61 Å². The number of nitriles is 2. The number of nitrogens with zero attached hydrogens (tertiary/aromatic N) is 4. The van der Waals surface area contributed by atoms with Crippen molar-refractivity contribution in [2.24, 2.45) is 10.2 Å². The highest BCUT2D eigenvalue weighted by molar-refractivity contribution is 6.38. The molecule has 0 amide bonds. The Morgan fingerprint density at radius 2 is 1.84 bits per heavy atom. The molecule has 25 heavy (non-hydrogen) atoms. The molecule has 0 aliphatic rings. The summed E-state index contributed by atoms with van der Waals surface area (Å²) in [4.78, 5) is 11.9. The molecule has 1 rings (SSSR count). The molecule has 132 valence electrons. The summed E-state index contributed by atoms with van der Waals surface area (Å²) in [7, 11) is 0. The SMILES string of the molecule is CCOC(=O)C(C#N)(CC#N)/N=N/c1c(Cl)cc(C(F)(F)F)cc1Cl. The molecule has 0 saturated heterocycles. The first kappa shape index (κ1) is 20.7. The molecule has 0 spiro atoms. The summed E-state index contributed by atoms with van der Waals surface area (Å²) in [6.45, 7) is 1.40. The highest BCUT2D eigenvalue weighted by atomic mass is 35.5. The lowest BCUT2D eigenvalue weighted by Gasteiger charge is -2.15. The van der Waals surface area contributed by atoms with Gasteiger partial charge in [0.2, 0.25) is 0 Å². The van der Waals surface area contributed by atoms with Gasteiger partial charge in [0.25, 0.3) is 5.54 Å². The minimum absolute atomic E-state index is 0.0784. The second-order valence-corrected chi connectivity index (χ2v) is 5.33. The van der Waals surface area contributed by atoms with E-state index in [0.29, 0.717) is 12.1 Å². The molecule has 0 saturated carbocycles. The van der Waals surface area contributed by atoms with Gasteiger partial charge >= 0.3 is 12.1 Å². The predicted molar refractivity (Wildman–Crippen MR) is 81.2 cm³/mol. The molecule has 0 bridgehead atoms. The van der Waals surface area contributed by atoms with Gasteiger partial charge < -0.3 is 4.74 Å². The van der Waals surface area contributed by atoms with E-state index < -0.39 is 39.7 Å². The number of hydrogen-bond acceptors (Lipinski definition) is 6. The zero-order chi connectivity index (χ0) is 19.3. The Hall–Kier alpha value is -2.36. The zero-order valence-corrected chi connectivity index (χ0v) is 14.1. The number of ether oxygens (including phenoxy) is 1. The second kappa shape index (κ2) is 8.15. The van der Waals surface area contributed by atoms with E-state index in [2.05, 4.69) is 15.0 Å². The fraction of sp³-hybridized carbons (Fsp3) is 0.357. The van der Waals surface area contributed by atoms with Gasteiger partial charge in [-0.05, 0) is 19.1 Å². The highest BCUT2D eigenvalue weighted by Crippen LogP contribution is 2.40. The lowest BCUT2D eigenvalue weighted by molar-refractivity contribution is -0.147. The Morgan fingerprint density at radius 1 is 1.28 bits per heavy atom. The van der Waals surface area contributed by atoms with Gasteiger partial charge in [0.15, 0.2) is 0 Å². The fourth-order valence-electron chi connectivity index (χ4n) is 1.58. The number of halogens is 5.